The Hall–Kier alpha value is -2.43. The van der Waals surface area contributed by atoms with Crippen LogP contribution in [0.3, 0.4) is 0 Å². The number of rotatable bonds is 4. The van der Waals surface area contributed by atoms with Gasteiger partial charge in [-0.05, 0) is 24.3 Å². The van der Waals surface area contributed by atoms with Crippen LogP contribution in [-0.2, 0) is 0 Å². The average molecular weight is 257 g/mol. The van der Waals surface area contributed by atoms with Gasteiger partial charge in [0.2, 0.25) is 5.65 Å². The molecule has 2 heterocycles. The topological polar surface area (TPSA) is 60.4 Å². The molecular formula is C14H15N3O2. The lowest BCUT2D eigenvalue weighted by Gasteiger charge is -1.98. The molecule has 0 bridgehead atoms. The summed E-state index contributed by atoms with van der Waals surface area (Å²) in [6.07, 6.45) is 8.19. The number of imidazole rings is 1. The Morgan fingerprint density at radius 2 is 2.32 bits per heavy atom. The largest absolute Gasteiger partial charge is 0.358 e. The lowest BCUT2D eigenvalue weighted by molar-refractivity contribution is -0.390. The maximum Gasteiger partial charge on any atom is 0.355 e. The first-order chi connectivity index (χ1) is 9.19. The third kappa shape index (κ3) is 2.40. The third-order valence-electron chi connectivity index (χ3n) is 2.80. The highest BCUT2D eigenvalue weighted by molar-refractivity contribution is 5.78. The van der Waals surface area contributed by atoms with Gasteiger partial charge in [0.15, 0.2) is 5.69 Å². The van der Waals surface area contributed by atoms with Gasteiger partial charge in [-0.15, -0.1) is 0 Å². The van der Waals surface area contributed by atoms with E-state index in [1.54, 1.807) is 18.3 Å². The molecule has 0 aliphatic carbocycles. The first-order valence-corrected chi connectivity index (χ1v) is 6.13. The molecule has 0 saturated heterocycles. The molecule has 0 spiro atoms. The molecule has 0 unspecified atom stereocenters. The van der Waals surface area contributed by atoms with Gasteiger partial charge in [0.1, 0.15) is 0 Å². The molecule has 0 fully saturated rings. The summed E-state index contributed by atoms with van der Waals surface area (Å²) in [5, 5.41) is 11.3. The Labute approximate surface area is 111 Å². The van der Waals surface area contributed by atoms with Gasteiger partial charge in [0, 0.05) is 11.6 Å². The van der Waals surface area contributed by atoms with Crippen molar-refractivity contribution in [2.75, 3.05) is 0 Å². The molecule has 0 amide bonds. The monoisotopic (exact) mass is 257 g/mol. The maximum atomic E-state index is 11.3. The van der Waals surface area contributed by atoms with Crippen LogP contribution in [-0.4, -0.2) is 14.3 Å². The molecule has 0 radical (unpaired) electrons. The molecule has 0 atom stereocenters. The molecule has 0 aliphatic heterocycles. The Morgan fingerprint density at radius 1 is 1.53 bits per heavy atom. The number of fused-ring (bicyclic) bond motifs is 1. The van der Waals surface area contributed by atoms with Crippen LogP contribution >= 0.6 is 0 Å². The van der Waals surface area contributed by atoms with Crippen LogP contribution in [0.4, 0.5) is 5.82 Å². The maximum absolute atomic E-state index is 11.3. The molecule has 0 aliphatic rings. The van der Waals surface area contributed by atoms with E-state index in [2.05, 4.69) is 4.98 Å². The second-order valence-corrected chi connectivity index (χ2v) is 4.02. The number of aromatic nitrogens is 2. The van der Waals surface area contributed by atoms with E-state index < -0.39 is 4.92 Å². The van der Waals surface area contributed by atoms with Crippen molar-refractivity contribution in [1.82, 2.24) is 9.38 Å². The van der Waals surface area contributed by atoms with Crippen molar-refractivity contribution in [3.8, 4) is 0 Å². The van der Waals surface area contributed by atoms with Crippen LogP contribution in [0.2, 0.25) is 0 Å². The van der Waals surface area contributed by atoms with Crippen LogP contribution in [0, 0.1) is 10.1 Å². The van der Waals surface area contributed by atoms with Crippen molar-refractivity contribution in [1.29, 1.82) is 0 Å². The van der Waals surface area contributed by atoms with E-state index in [0.717, 1.165) is 12.0 Å². The molecule has 2 aromatic rings. The lowest BCUT2D eigenvalue weighted by atomic mass is 10.1. The Kier molecular flexibility index (Phi) is 3.75. The number of allylic oxidation sites excluding steroid dienone is 4. The van der Waals surface area contributed by atoms with Crippen molar-refractivity contribution < 1.29 is 4.92 Å². The SMILES string of the molecule is C/C=C(\C=C/CC)c1nc2ccccn2c1[N+](=O)[O-]. The highest BCUT2D eigenvalue weighted by Gasteiger charge is 2.23. The van der Waals surface area contributed by atoms with Crippen LogP contribution in [0.25, 0.3) is 11.2 Å². The van der Waals surface area contributed by atoms with Gasteiger partial charge in [-0.3, -0.25) is 0 Å². The van der Waals surface area contributed by atoms with Crippen molar-refractivity contribution in [2.24, 2.45) is 0 Å². The Bertz CT molecular complexity index is 668. The van der Waals surface area contributed by atoms with E-state index >= 15 is 0 Å². The van der Waals surface area contributed by atoms with E-state index in [0.29, 0.717) is 11.3 Å². The first-order valence-electron chi connectivity index (χ1n) is 6.13. The molecule has 5 heteroatoms. The van der Waals surface area contributed by atoms with E-state index in [-0.39, 0.29) is 5.82 Å². The van der Waals surface area contributed by atoms with E-state index in [1.165, 1.54) is 4.40 Å². The molecule has 0 saturated carbocycles. The van der Waals surface area contributed by atoms with E-state index in [4.69, 9.17) is 0 Å². The summed E-state index contributed by atoms with van der Waals surface area (Å²) in [5.41, 5.74) is 1.74. The number of hydrogen-bond acceptors (Lipinski definition) is 3. The third-order valence-corrected chi connectivity index (χ3v) is 2.80. The number of pyridine rings is 1. The van der Waals surface area contributed by atoms with Crippen molar-refractivity contribution in [2.45, 2.75) is 20.3 Å². The molecule has 19 heavy (non-hydrogen) atoms. The zero-order valence-electron chi connectivity index (χ0n) is 10.9. The second kappa shape index (κ2) is 5.48. The van der Waals surface area contributed by atoms with Crippen molar-refractivity contribution in [3.05, 3.63) is 58.4 Å². The van der Waals surface area contributed by atoms with E-state index in [1.807, 2.05) is 38.1 Å². The summed E-state index contributed by atoms with van der Waals surface area (Å²) in [7, 11) is 0. The van der Waals surface area contributed by atoms with E-state index in [9.17, 15) is 10.1 Å². The van der Waals surface area contributed by atoms with Gasteiger partial charge in [-0.25, -0.2) is 0 Å². The van der Waals surface area contributed by atoms with Gasteiger partial charge in [-0.1, -0.05) is 31.2 Å². The fourth-order valence-corrected chi connectivity index (χ4v) is 1.91. The molecule has 0 aromatic carbocycles. The summed E-state index contributed by atoms with van der Waals surface area (Å²) in [6.45, 7) is 3.87. The minimum Gasteiger partial charge on any atom is -0.358 e. The van der Waals surface area contributed by atoms with Gasteiger partial charge in [0.25, 0.3) is 0 Å². The molecule has 2 aromatic heterocycles. The summed E-state index contributed by atoms with van der Waals surface area (Å²) >= 11 is 0. The minimum atomic E-state index is -0.390. The predicted octanol–water partition coefficient (Wildman–Crippen LogP) is 3.61. The highest BCUT2D eigenvalue weighted by Crippen LogP contribution is 2.27. The van der Waals surface area contributed by atoms with Gasteiger partial charge in [-0.2, -0.15) is 9.38 Å². The Balaban J connectivity index is 2.68. The lowest BCUT2D eigenvalue weighted by Crippen LogP contribution is -1.96. The van der Waals surface area contributed by atoms with Crippen LogP contribution in [0.5, 0.6) is 0 Å². The fraction of sp³-hybridized carbons (Fsp3) is 0.214. The molecule has 98 valence electrons. The zero-order chi connectivity index (χ0) is 13.8. The van der Waals surface area contributed by atoms with Gasteiger partial charge >= 0.3 is 5.82 Å². The second-order valence-electron chi connectivity index (χ2n) is 4.02. The zero-order valence-corrected chi connectivity index (χ0v) is 10.9. The predicted molar refractivity (Wildman–Crippen MR) is 74.9 cm³/mol. The van der Waals surface area contributed by atoms with Crippen molar-refractivity contribution in [3.63, 3.8) is 0 Å². The highest BCUT2D eigenvalue weighted by atomic mass is 16.6. The average Bonchev–Trinajstić information content (AvgIpc) is 2.79. The molecule has 5 nitrogen and oxygen atoms in total. The number of nitrogens with zero attached hydrogens (tertiary/aromatic N) is 3. The molecule has 2 rings (SSSR count). The van der Waals surface area contributed by atoms with Gasteiger partial charge < -0.3 is 10.1 Å². The summed E-state index contributed by atoms with van der Waals surface area (Å²) in [4.78, 5) is 15.3. The van der Waals surface area contributed by atoms with Crippen LogP contribution in [0.15, 0.2) is 42.6 Å². The first kappa shape index (κ1) is 13.0. The number of nitro groups is 1. The molecule has 0 N–H and O–H groups in total. The van der Waals surface area contributed by atoms with Gasteiger partial charge in [0.05, 0.1) is 6.20 Å². The summed E-state index contributed by atoms with van der Waals surface area (Å²) < 4.78 is 1.50. The number of hydrogen-bond donors (Lipinski definition) is 0. The van der Waals surface area contributed by atoms with Crippen LogP contribution in [0.1, 0.15) is 26.0 Å². The van der Waals surface area contributed by atoms with Crippen LogP contribution < -0.4 is 0 Å². The molecular weight excluding hydrogens is 242 g/mol. The summed E-state index contributed by atoms with van der Waals surface area (Å²) in [5.74, 6) is 0.00412. The summed E-state index contributed by atoms with van der Waals surface area (Å²) in [6, 6.07) is 5.32. The Morgan fingerprint density at radius 3 is 2.95 bits per heavy atom. The smallest absolute Gasteiger partial charge is 0.355 e. The fourth-order valence-electron chi connectivity index (χ4n) is 1.91. The minimum absolute atomic E-state index is 0.00412. The quantitative estimate of drug-likeness (QED) is 0.477. The van der Waals surface area contributed by atoms with Crippen molar-refractivity contribution >= 4 is 17.0 Å². The standard InChI is InChI=1S/C14H15N3O2/c1-3-5-8-11(4-2)13-14(17(18)19)16-10-7-6-9-12(16)15-13/h4-10H,3H2,1-2H3/b8-5-,11-4+. The normalized spacial score (nSPS) is 12.4.